The summed E-state index contributed by atoms with van der Waals surface area (Å²) in [7, 11) is 1.68. The number of carboxylic acids is 1. The largest absolute Gasteiger partial charge is 0.478 e. The lowest BCUT2D eigenvalue weighted by Crippen LogP contribution is -2.25. The first-order valence-electron chi connectivity index (χ1n) is 8.08. The molecule has 6 nitrogen and oxygen atoms in total. The molecule has 0 aliphatic heterocycles. The molecule has 1 N–H and O–H groups in total. The van der Waals surface area contributed by atoms with Gasteiger partial charge < -0.3 is 19.0 Å². The van der Waals surface area contributed by atoms with E-state index in [-0.39, 0.29) is 18.0 Å². The minimum absolute atomic E-state index is 0.124. The lowest BCUT2D eigenvalue weighted by atomic mass is 10.1. The van der Waals surface area contributed by atoms with Crippen LogP contribution in [0.15, 0.2) is 40.9 Å². The average molecular weight is 340 g/mol. The molecule has 0 unspecified atom stereocenters. The Bertz CT molecular complexity index is 952. The summed E-state index contributed by atoms with van der Waals surface area (Å²) in [5.41, 5.74) is 1.77. The molecular weight excluding hydrogens is 320 g/mol. The van der Waals surface area contributed by atoms with Crippen molar-refractivity contribution in [3.63, 3.8) is 0 Å². The number of carbonyl (C=O) groups excluding carboxylic acids is 1. The molecule has 0 atom stereocenters. The van der Waals surface area contributed by atoms with Crippen LogP contribution in [-0.2, 0) is 13.1 Å². The third kappa shape index (κ3) is 3.03. The fourth-order valence-corrected chi connectivity index (χ4v) is 3.02. The minimum atomic E-state index is -1.03. The first kappa shape index (κ1) is 16.8. The second-order valence-corrected chi connectivity index (χ2v) is 5.99. The Morgan fingerprint density at radius 1 is 1.24 bits per heavy atom. The lowest BCUT2D eigenvalue weighted by molar-refractivity contribution is 0.0694. The number of para-hydroxylation sites is 1. The average Bonchev–Trinajstić information content (AvgIpc) is 3.14. The summed E-state index contributed by atoms with van der Waals surface area (Å²) in [6.07, 6.45) is 1.86. The van der Waals surface area contributed by atoms with Crippen LogP contribution in [0.1, 0.15) is 39.2 Å². The standard InChI is InChI=1S/C19H20N2O4/c1-4-21-11-16(14-7-5-6-8-17(14)21)18(22)20(3)10-13-9-15(19(23)24)12(2)25-13/h5-9,11H,4,10H2,1-3H3,(H,23,24). The van der Waals surface area contributed by atoms with Crippen LogP contribution < -0.4 is 0 Å². The first-order valence-corrected chi connectivity index (χ1v) is 8.08. The van der Waals surface area contributed by atoms with Crippen molar-refractivity contribution in [1.82, 2.24) is 9.47 Å². The predicted octanol–water partition coefficient (Wildman–Crippen LogP) is 3.53. The van der Waals surface area contributed by atoms with Gasteiger partial charge in [0, 0.05) is 30.7 Å². The topological polar surface area (TPSA) is 75.7 Å². The number of aromatic nitrogens is 1. The summed E-state index contributed by atoms with van der Waals surface area (Å²) in [5, 5.41) is 10.0. The van der Waals surface area contributed by atoms with Crippen molar-refractivity contribution >= 4 is 22.8 Å². The SMILES string of the molecule is CCn1cc(C(=O)N(C)Cc2cc(C(=O)O)c(C)o2)c2ccccc21. The highest BCUT2D eigenvalue weighted by Gasteiger charge is 2.20. The number of amides is 1. The van der Waals surface area contributed by atoms with Gasteiger partial charge in [-0.15, -0.1) is 0 Å². The molecular formula is C19H20N2O4. The van der Waals surface area contributed by atoms with Crippen LogP contribution in [0.2, 0.25) is 0 Å². The zero-order valence-electron chi connectivity index (χ0n) is 14.4. The van der Waals surface area contributed by atoms with Gasteiger partial charge in [-0.1, -0.05) is 18.2 Å². The number of aryl methyl sites for hydroxylation is 2. The summed E-state index contributed by atoms with van der Waals surface area (Å²) >= 11 is 0. The minimum Gasteiger partial charge on any atom is -0.478 e. The molecule has 0 saturated heterocycles. The van der Waals surface area contributed by atoms with Gasteiger partial charge in [-0.05, 0) is 26.0 Å². The van der Waals surface area contributed by atoms with Gasteiger partial charge in [0.25, 0.3) is 5.91 Å². The third-order valence-corrected chi connectivity index (χ3v) is 4.30. The van der Waals surface area contributed by atoms with Crippen LogP contribution in [0.5, 0.6) is 0 Å². The third-order valence-electron chi connectivity index (χ3n) is 4.30. The predicted molar refractivity (Wildman–Crippen MR) is 93.8 cm³/mol. The molecule has 130 valence electrons. The van der Waals surface area contributed by atoms with Crippen LogP contribution in [0.25, 0.3) is 10.9 Å². The summed E-state index contributed by atoms with van der Waals surface area (Å²) < 4.78 is 7.50. The molecule has 0 fully saturated rings. The Morgan fingerprint density at radius 3 is 2.60 bits per heavy atom. The molecule has 0 aliphatic rings. The van der Waals surface area contributed by atoms with Gasteiger partial charge in [0.2, 0.25) is 0 Å². The van der Waals surface area contributed by atoms with Crippen molar-refractivity contribution in [2.75, 3.05) is 7.05 Å². The number of carboxylic acid groups (broad SMARTS) is 1. The molecule has 1 aromatic carbocycles. The van der Waals surface area contributed by atoms with Gasteiger partial charge >= 0.3 is 5.97 Å². The van der Waals surface area contributed by atoms with Crippen molar-refractivity contribution in [2.24, 2.45) is 0 Å². The van der Waals surface area contributed by atoms with Crippen LogP contribution in [0.3, 0.4) is 0 Å². The van der Waals surface area contributed by atoms with E-state index in [1.165, 1.54) is 11.0 Å². The van der Waals surface area contributed by atoms with Gasteiger partial charge in [-0.3, -0.25) is 4.79 Å². The summed E-state index contributed by atoms with van der Waals surface area (Å²) in [6.45, 7) is 4.61. The molecule has 0 radical (unpaired) electrons. The van der Waals surface area contributed by atoms with Gasteiger partial charge in [0.1, 0.15) is 17.1 Å². The van der Waals surface area contributed by atoms with E-state index in [1.807, 2.05) is 42.0 Å². The maximum Gasteiger partial charge on any atom is 0.339 e. The second kappa shape index (κ2) is 6.47. The number of hydrogen-bond acceptors (Lipinski definition) is 3. The van der Waals surface area contributed by atoms with Gasteiger partial charge in [0.05, 0.1) is 12.1 Å². The smallest absolute Gasteiger partial charge is 0.339 e. The number of nitrogens with zero attached hydrogens (tertiary/aromatic N) is 2. The van der Waals surface area contributed by atoms with E-state index in [0.717, 1.165) is 17.4 Å². The molecule has 0 aliphatic carbocycles. The summed E-state index contributed by atoms with van der Waals surface area (Å²) in [6, 6.07) is 9.25. The van der Waals surface area contributed by atoms with Gasteiger partial charge in [0.15, 0.2) is 0 Å². The molecule has 25 heavy (non-hydrogen) atoms. The van der Waals surface area contributed by atoms with Gasteiger partial charge in [-0.25, -0.2) is 4.79 Å². The highest BCUT2D eigenvalue weighted by Crippen LogP contribution is 2.23. The molecule has 0 saturated carbocycles. The molecule has 0 spiro atoms. The maximum absolute atomic E-state index is 12.9. The number of hydrogen-bond donors (Lipinski definition) is 1. The molecule has 3 aromatic rings. The number of carbonyl (C=O) groups is 2. The van der Waals surface area contributed by atoms with Crippen LogP contribution in [0.4, 0.5) is 0 Å². The molecule has 6 heteroatoms. The molecule has 2 aromatic heterocycles. The van der Waals surface area contributed by atoms with Crippen LogP contribution in [0, 0.1) is 6.92 Å². The van der Waals surface area contributed by atoms with Gasteiger partial charge in [-0.2, -0.15) is 0 Å². The molecule has 2 heterocycles. The van der Waals surface area contributed by atoms with Crippen LogP contribution in [-0.4, -0.2) is 33.5 Å². The van der Waals surface area contributed by atoms with E-state index in [4.69, 9.17) is 9.52 Å². The van der Waals surface area contributed by atoms with Crippen molar-refractivity contribution in [1.29, 1.82) is 0 Å². The number of furan rings is 1. The molecule has 0 bridgehead atoms. The monoisotopic (exact) mass is 340 g/mol. The number of aromatic carboxylic acids is 1. The number of rotatable bonds is 5. The quantitative estimate of drug-likeness (QED) is 0.771. The van der Waals surface area contributed by atoms with E-state index in [0.29, 0.717) is 17.1 Å². The van der Waals surface area contributed by atoms with Crippen molar-refractivity contribution in [2.45, 2.75) is 26.9 Å². The Labute approximate surface area is 145 Å². The molecule has 3 rings (SSSR count). The summed E-state index contributed by atoms with van der Waals surface area (Å²) in [5.74, 6) is -0.377. The van der Waals surface area contributed by atoms with E-state index in [9.17, 15) is 9.59 Å². The van der Waals surface area contributed by atoms with E-state index < -0.39 is 5.97 Å². The number of fused-ring (bicyclic) bond motifs is 1. The Hall–Kier alpha value is -3.02. The highest BCUT2D eigenvalue weighted by atomic mass is 16.4. The molecule has 1 amide bonds. The first-order chi connectivity index (χ1) is 11.9. The zero-order chi connectivity index (χ0) is 18.1. The highest BCUT2D eigenvalue weighted by molar-refractivity contribution is 6.06. The lowest BCUT2D eigenvalue weighted by Gasteiger charge is -2.15. The number of benzene rings is 1. The Morgan fingerprint density at radius 2 is 1.96 bits per heavy atom. The second-order valence-electron chi connectivity index (χ2n) is 5.99. The van der Waals surface area contributed by atoms with Crippen molar-refractivity contribution in [3.8, 4) is 0 Å². The fourth-order valence-electron chi connectivity index (χ4n) is 3.02. The van der Waals surface area contributed by atoms with E-state index >= 15 is 0 Å². The Kier molecular flexibility index (Phi) is 4.35. The summed E-state index contributed by atoms with van der Waals surface area (Å²) in [4.78, 5) is 25.5. The van der Waals surface area contributed by atoms with Crippen molar-refractivity contribution in [3.05, 3.63) is 59.2 Å². The van der Waals surface area contributed by atoms with E-state index in [2.05, 4.69) is 0 Å². The normalized spacial score (nSPS) is 11.0. The van der Waals surface area contributed by atoms with Crippen molar-refractivity contribution < 1.29 is 19.1 Å². The maximum atomic E-state index is 12.9. The van der Waals surface area contributed by atoms with E-state index in [1.54, 1.807) is 14.0 Å². The van der Waals surface area contributed by atoms with Crippen LogP contribution >= 0.6 is 0 Å². The Balaban J connectivity index is 1.88. The fraction of sp³-hybridized carbons (Fsp3) is 0.263. The zero-order valence-corrected chi connectivity index (χ0v) is 14.4.